The second-order valence-electron chi connectivity index (χ2n) is 3.49. The number of ether oxygens (including phenoxy) is 1. The summed E-state index contributed by atoms with van der Waals surface area (Å²) in [7, 11) is 0. The van der Waals surface area contributed by atoms with Gasteiger partial charge in [0, 0.05) is 13.2 Å². The van der Waals surface area contributed by atoms with E-state index in [9.17, 15) is 4.79 Å². The number of rotatable bonds is 4. The van der Waals surface area contributed by atoms with Gasteiger partial charge in [-0.05, 0) is 19.8 Å². The van der Waals surface area contributed by atoms with Gasteiger partial charge in [0.25, 0.3) is 0 Å². The Morgan fingerprint density at radius 1 is 1.77 bits per heavy atom. The maximum atomic E-state index is 11.2. The fourth-order valence-electron chi connectivity index (χ4n) is 1.35. The highest BCUT2D eigenvalue weighted by Crippen LogP contribution is 2.14. The van der Waals surface area contributed by atoms with Crippen LogP contribution < -0.4 is 5.32 Å². The molecule has 1 rings (SSSR count). The first-order valence-corrected chi connectivity index (χ1v) is 4.75. The highest BCUT2D eigenvalue weighted by atomic mass is 16.5. The maximum absolute atomic E-state index is 11.2. The number of aliphatic hydroxyl groups is 1. The van der Waals surface area contributed by atoms with Crippen LogP contribution in [-0.2, 0) is 9.53 Å². The van der Waals surface area contributed by atoms with Crippen LogP contribution in [0.3, 0.4) is 0 Å². The number of amides is 1. The van der Waals surface area contributed by atoms with Crippen molar-refractivity contribution in [1.29, 1.82) is 0 Å². The normalized spacial score (nSPS) is 24.3. The van der Waals surface area contributed by atoms with Gasteiger partial charge in [-0.1, -0.05) is 0 Å². The van der Waals surface area contributed by atoms with Crippen molar-refractivity contribution in [3.8, 4) is 0 Å². The third-order valence-electron chi connectivity index (χ3n) is 2.03. The molecule has 0 aliphatic carbocycles. The zero-order valence-electron chi connectivity index (χ0n) is 7.95. The van der Waals surface area contributed by atoms with Crippen LogP contribution in [-0.4, -0.2) is 36.4 Å². The molecule has 1 saturated heterocycles. The highest BCUT2D eigenvalue weighted by molar-refractivity contribution is 5.76. The van der Waals surface area contributed by atoms with E-state index in [0.29, 0.717) is 13.0 Å². The number of nitrogens with one attached hydrogen (secondary N) is 1. The van der Waals surface area contributed by atoms with Gasteiger partial charge in [-0.25, -0.2) is 0 Å². The number of aliphatic hydroxyl groups excluding tert-OH is 1. The zero-order valence-corrected chi connectivity index (χ0v) is 7.95. The molecule has 1 heterocycles. The van der Waals surface area contributed by atoms with Crippen LogP contribution in [0.2, 0.25) is 0 Å². The monoisotopic (exact) mass is 187 g/mol. The molecule has 0 spiro atoms. The molecule has 1 amide bonds. The summed E-state index contributed by atoms with van der Waals surface area (Å²) in [4.78, 5) is 11.2. The second-order valence-corrected chi connectivity index (χ2v) is 3.49. The Morgan fingerprint density at radius 2 is 2.54 bits per heavy atom. The van der Waals surface area contributed by atoms with Gasteiger partial charge in [0.05, 0.1) is 18.6 Å². The minimum absolute atomic E-state index is 0.0344. The van der Waals surface area contributed by atoms with E-state index in [1.54, 1.807) is 6.92 Å². The average molecular weight is 187 g/mol. The van der Waals surface area contributed by atoms with Crippen LogP contribution >= 0.6 is 0 Å². The van der Waals surface area contributed by atoms with Crippen LogP contribution in [0, 0.1) is 0 Å². The van der Waals surface area contributed by atoms with Gasteiger partial charge in [-0.2, -0.15) is 0 Å². The first kappa shape index (κ1) is 10.5. The van der Waals surface area contributed by atoms with Crippen LogP contribution in [0.5, 0.6) is 0 Å². The molecule has 13 heavy (non-hydrogen) atoms. The quantitative estimate of drug-likeness (QED) is 0.654. The molecule has 4 heteroatoms. The first-order valence-electron chi connectivity index (χ1n) is 4.75. The van der Waals surface area contributed by atoms with Crippen molar-refractivity contribution in [2.75, 3.05) is 13.2 Å². The largest absolute Gasteiger partial charge is 0.392 e. The standard InChI is InChI=1S/C9H17NO3/c1-7(11)6-10-9(12)5-8-3-2-4-13-8/h7-8,11H,2-6H2,1H3,(H,10,12)/t7-,8?/m1/s1. The predicted octanol–water partition coefficient (Wildman–Crippen LogP) is 0.0525. The summed E-state index contributed by atoms with van der Waals surface area (Å²) in [5, 5.41) is 11.6. The van der Waals surface area contributed by atoms with Crippen molar-refractivity contribution < 1.29 is 14.6 Å². The first-order chi connectivity index (χ1) is 6.18. The Kier molecular flexibility index (Phi) is 4.18. The Morgan fingerprint density at radius 3 is 3.08 bits per heavy atom. The smallest absolute Gasteiger partial charge is 0.222 e. The Labute approximate surface area is 78.3 Å². The van der Waals surface area contributed by atoms with Crippen LogP contribution in [0.4, 0.5) is 0 Å². The zero-order chi connectivity index (χ0) is 9.68. The molecular weight excluding hydrogens is 170 g/mol. The average Bonchev–Trinajstić information content (AvgIpc) is 2.53. The van der Waals surface area contributed by atoms with Gasteiger partial charge in [0.1, 0.15) is 0 Å². The van der Waals surface area contributed by atoms with Gasteiger partial charge in [-0.15, -0.1) is 0 Å². The number of hydrogen-bond donors (Lipinski definition) is 2. The third-order valence-corrected chi connectivity index (χ3v) is 2.03. The van der Waals surface area contributed by atoms with E-state index in [1.165, 1.54) is 0 Å². The van der Waals surface area contributed by atoms with Crippen molar-refractivity contribution in [2.45, 2.75) is 38.4 Å². The molecule has 1 fully saturated rings. The van der Waals surface area contributed by atoms with E-state index in [2.05, 4.69) is 5.32 Å². The lowest BCUT2D eigenvalue weighted by molar-refractivity contribution is -0.123. The van der Waals surface area contributed by atoms with Gasteiger partial charge in [-0.3, -0.25) is 4.79 Å². The Hall–Kier alpha value is -0.610. The molecule has 0 aromatic carbocycles. The molecule has 1 aliphatic heterocycles. The molecule has 0 radical (unpaired) electrons. The van der Waals surface area contributed by atoms with E-state index >= 15 is 0 Å². The maximum Gasteiger partial charge on any atom is 0.222 e. The fraction of sp³-hybridized carbons (Fsp3) is 0.889. The molecule has 2 atom stereocenters. The summed E-state index contributed by atoms with van der Waals surface area (Å²) in [6.07, 6.45) is 2.06. The van der Waals surface area contributed by atoms with Crippen molar-refractivity contribution in [3.05, 3.63) is 0 Å². The lowest BCUT2D eigenvalue weighted by Gasteiger charge is -2.10. The van der Waals surface area contributed by atoms with E-state index in [4.69, 9.17) is 9.84 Å². The molecule has 2 N–H and O–H groups in total. The summed E-state index contributed by atoms with van der Waals surface area (Å²) in [6, 6.07) is 0. The van der Waals surface area contributed by atoms with Crippen molar-refractivity contribution >= 4 is 5.91 Å². The topological polar surface area (TPSA) is 58.6 Å². The fourth-order valence-corrected chi connectivity index (χ4v) is 1.35. The Bertz CT molecular complexity index is 164. The molecule has 0 aromatic heterocycles. The summed E-state index contributed by atoms with van der Waals surface area (Å²) in [5.41, 5.74) is 0. The third kappa shape index (κ3) is 4.24. The van der Waals surface area contributed by atoms with Gasteiger partial charge < -0.3 is 15.2 Å². The van der Waals surface area contributed by atoms with E-state index in [1.807, 2.05) is 0 Å². The molecule has 0 saturated carbocycles. The molecule has 1 unspecified atom stereocenters. The van der Waals surface area contributed by atoms with E-state index < -0.39 is 6.10 Å². The van der Waals surface area contributed by atoms with Crippen molar-refractivity contribution in [2.24, 2.45) is 0 Å². The van der Waals surface area contributed by atoms with Crippen LogP contribution in [0.25, 0.3) is 0 Å². The molecule has 0 aromatic rings. The highest BCUT2D eigenvalue weighted by Gasteiger charge is 2.18. The molecule has 4 nitrogen and oxygen atoms in total. The summed E-state index contributed by atoms with van der Waals surface area (Å²) in [6.45, 7) is 2.74. The second kappa shape index (κ2) is 5.19. The predicted molar refractivity (Wildman–Crippen MR) is 48.3 cm³/mol. The number of hydrogen-bond acceptors (Lipinski definition) is 3. The van der Waals surface area contributed by atoms with Gasteiger partial charge in [0.15, 0.2) is 0 Å². The summed E-state index contributed by atoms with van der Waals surface area (Å²) >= 11 is 0. The van der Waals surface area contributed by atoms with Crippen LogP contribution in [0.1, 0.15) is 26.2 Å². The SMILES string of the molecule is C[C@@H](O)CNC(=O)CC1CCCO1. The minimum atomic E-state index is -0.478. The summed E-state index contributed by atoms with van der Waals surface area (Å²) < 4.78 is 5.31. The van der Waals surface area contributed by atoms with Crippen LogP contribution in [0.15, 0.2) is 0 Å². The molecule has 1 aliphatic rings. The van der Waals surface area contributed by atoms with Crippen molar-refractivity contribution in [1.82, 2.24) is 5.32 Å². The van der Waals surface area contributed by atoms with E-state index in [0.717, 1.165) is 19.4 Å². The molecule has 0 bridgehead atoms. The molecule has 76 valence electrons. The lowest BCUT2D eigenvalue weighted by Crippen LogP contribution is -2.32. The number of carbonyl (C=O) groups excluding carboxylic acids is 1. The van der Waals surface area contributed by atoms with Gasteiger partial charge >= 0.3 is 0 Å². The van der Waals surface area contributed by atoms with Crippen molar-refractivity contribution in [3.63, 3.8) is 0 Å². The minimum Gasteiger partial charge on any atom is -0.392 e. The number of carbonyl (C=O) groups is 1. The van der Waals surface area contributed by atoms with E-state index in [-0.39, 0.29) is 12.0 Å². The van der Waals surface area contributed by atoms with Gasteiger partial charge in [0.2, 0.25) is 5.91 Å². The molecular formula is C9H17NO3. The summed E-state index contributed by atoms with van der Waals surface area (Å²) in [5.74, 6) is -0.0344. The lowest BCUT2D eigenvalue weighted by atomic mass is 10.2. The Balaban J connectivity index is 2.09.